The van der Waals surface area contributed by atoms with Crippen LogP contribution < -0.4 is 0 Å². The van der Waals surface area contributed by atoms with Crippen LogP contribution in [0.2, 0.25) is 0 Å². The molecule has 0 amide bonds. The number of aliphatic hydroxyl groups excluding tert-OH is 1. The van der Waals surface area contributed by atoms with E-state index in [0.717, 1.165) is 32.1 Å². The first kappa shape index (κ1) is 13.5. The number of ether oxygens (including phenoxy) is 1. The molecule has 0 saturated heterocycles. The van der Waals surface area contributed by atoms with Gasteiger partial charge in [-0.1, -0.05) is 6.92 Å². The van der Waals surface area contributed by atoms with Crippen LogP contribution in [0.5, 0.6) is 0 Å². The Morgan fingerprint density at radius 2 is 1.88 bits per heavy atom. The minimum atomic E-state index is -0.367. The standard InChI is InChI=1S/C13H24O3/c1-4-13(2,3)12(15)16-9-10-5-7-11(14)8-6-10/h10-11,14H,4-9H2,1-3H3. The molecular formula is C13H24O3. The molecule has 0 aromatic carbocycles. The lowest BCUT2D eigenvalue weighted by Crippen LogP contribution is -2.29. The van der Waals surface area contributed by atoms with E-state index in [1.165, 1.54) is 0 Å². The number of carbonyl (C=O) groups excluding carboxylic acids is 1. The van der Waals surface area contributed by atoms with Gasteiger partial charge in [-0.25, -0.2) is 0 Å². The maximum absolute atomic E-state index is 11.7. The van der Waals surface area contributed by atoms with Gasteiger partial charge in [0.1, 0.15) is 0 Å². The second-order valence-corrected chi connectivity index (χ2v) is 5.51. The fraction of sp³-hybridized carbons (Fsp3) is 0.923. The molecule has 0 aromatic heterocycles. The van der Waals surface area contributed by atoms with Crippen LogP contribution in [0.15, 0.2) is 0 Å². The first-order valence-electron chi connectivity index (χ1n) is 6.31. The molecule has 0 aromatic rings. The van der Waals surface area contributed by atoms with Crippen LogP contribution in [0.4, 0.5) is 0 Å². The van der Waals surface area contributed by atoms with Crippen molar-refractivity contribution in [2.24, 2.45) is 11.3 Å². The maximum atomic E-state index is 11.7. The molecule has 3 heteroatoms. The van der Waals surface area contributed by atoms with Crippen LogP contribution in [0.3, 0.4) is 0 Å². The van der Waals surface area contributed by atoms with Gasteiger partial charge >= 0.3 is 5.97 Å². The summed E-state index contributed by atoms with van der Waals surface area (Å²) in [5.41, 5.74) is -0.367. The molecule has 0 bridgehead atoms. The molecule has 0 radical (unpaired) electrons. The first-order valence-corrected chi connectivity index (χ1v) is 6.31. The lowest BCUT2D eigenvalue weighted by Gasteiger charge is -2.27. The molecular weight excluding hydrogens is 204 g/mol. The predicted octanol–water partition coefficient (Wildman–Crippen LogP) is 2.52. The summed E-state index contributed by atoms with van der Waals surface area (Å²) >= 11 is 0. The van der Waals surface area contributed by atoms with Gasteiger partial charge in [-0.15, -0.1) is 0 Å². The fourth-order valence-corrected chi connectivity index (χ4v) is 1.84. The normalized spacial score (nSPS) is 26.5. The highest BCUT2D eigenvalue weighted by Gasteiger charge is 2.28. The largest absolute Gasteiger partial charge is 0.465 e. The van der Waals surface area contributed by atoms with Crippen LogP contribution in [-0.2, 0) is 9.53 Å². The van der Waals surface area contributed by atoms with Crippen LogP contribution in [0, 0.1) is 11.3 Å². The van der Waals surface area contributed by atoms with Gasteiger partial charge < -0.3 is 9.84 Å². The molecule has 0 aliphatic heterocycles. The molecule has 0 atom stereocenters. The van der Waals surface area contributed by atoms with Crippen molar-refractivity contribution in [1.29, 1.82) is 0 Å². The van der Waals surface area contributed by atoms with Crippen molar-refractivity contribution < 1.29 is 14.6 Å². The van der Waals surface area contributed by atoms with Gasteiger partial charge in [0.15, 0.2) is 0 Å². The highest BCUT2D eigenvalue weighted by molar-refractivity contribution is 5.75. The molecule has 1 rings (SSSR count). The average molecular weight is 228 g/mol. The SMILES string of the molecule is CCC(C)(C)C(=O)OCC1CCC(O)CC1. The van der Waals surface area contributed by atoms with Gasteiger partial charge in [-0.3, -0.25) is 4.79 Å². The zero-order valence-electron chi connectivity index (χ0n) is 10.7. The Balaban J connectivity index is 2.27. The predicted molar refractivity (Wildman–Crippen MR) is 63.0 cm³/mol. The monoisotopic (exact) mass is 228 g/mol. The van der Waals surface area contributed by atoms with Crippen molar-refractivity contribution in [1.82, 2.24) is 0 Å². The van der Waals surface area contributed by atoms with E-state index in [0.29, 0.717) is 12.5 Å². The van der Waals surface area contributed by atoms with Crippen LogP contribution in [-0.4, -0.2) is 23.8 Å². The zero-order valence-corrected chi connectivity index (χ0v) is 10.7. The molecule has 94 valence electrons. The fourth-order valence-electron chi connectivity index (χ4n) is 1.84. The molecule has 0 spiro atoms. The number of hydrogen-bond donors (Lipinski definition) is 1. The Hall–Kier alpha value is -0.570. The average Bonchev–Trinajstić information content (AvgIpc) is 2.28. The van der Waals surface area contributed by atoms with E-state index in [1.54, 1.807) is 0 Å². The van der Waals surface area contributed by atoms with E-state index in [1.807, 2.05) is 20.8 Å². The lowest BCUT2D eigenvalue weighted by molar-refractivity contribution is -0.156. The van der Waals surface area contributed by atoms with Gasteiger partial charge in [0.25, 0.3) is 0 Å². The van der Waals surface area contributed by atoms with E-state index in [-0.39, 0.29) is 17.5 Å². The molecule has 16 heavy (non-hydrogen) atoms. The highest BCUT2D eigenvalue weighted by atomic mass is 16.5. The first-order chi connectivity index (χ1) is 7.45. The van der Waals surface area contributed by atoms with Crippen molar-refractivity contribution in [3.8, 4) is 0 Å². The summed E-state index contributed by atoms with van der Waals surface area (Å²) in [6, 6.07) is 0. The summed E-state index contributed by atoms with van der Waals surface area (Å²) in [6.45, 7) is 6.35. The summed E-state index contributed by atoms with van der Waals surface area (Å²) in [4.78, 5) is 11.7. The second kappa shape index (κ2) is 5.67. The Bertz CT molecular complexity index is 227. The third-order valence-corrected chi connectivity index (χ3v) is 3.70. The maximum Gasteiger partial charge on any atom is 0.311 e. The van der Waals surface area contributed by atoms with E-state index in [2.05, 4.69) is 0 Å². The minimum Gasteiger partial charge on any atom is -0.465 e. The summed E-state index contributed by atoms with van der Waals surface area (Å²) in [6.07, 6.45) is 4.30. The van der Waals surface area contributed by atoms with Gasteiger partial charge in [0, 0.05) is 0 Å². The zero-order chi connectivity index (χ0) is 12.2. The van der Waals surface area contributed by atoms with E-state index < -0.39 is 0 Å². The van der Waals surface area contributed by atoms with Gasteiger partial charge in [-0.2, -0.15) is 0 Å². The molecule has 0 heterocycles. The Labute approximate surface area is 98.2 Å². The van der Waals surface area contributed by atoms with E-state index >= 15 is 0 Å². The third-order valence-electron chi connectivity index (χ3n) is 3.70. The molecule has 1 aliphatic rings. The highest BCUT2D eigenvalue weighted by Crippen LogP contribution is 2.26. The van der Waals surface area contributed by atoms with Gasteiger partial charge in [0.05, 0.1) is 18.1 Å². The van der Waals surface area contributed by atoms with Crippen LogP contribution >= 0.6 is 0 Å². The lowest BCUT2D eigenvalue weighted by atomic mass is 9.87. The molecule has 1 N–H and O–H groups in total. The molecule has 3 nitrogen and oxygen atoms in total. The van der Waals surface area contributed by atoms with Gasteiger partial charge in [0.2, 0.25) is 0 Å². The summed E-state index contributed by atoms with van der Waals surface area (Å²) in [5, 5.41) is 9.36. The van der Waals surface area contributed by atoms with Crippen LogP contribution in [0.1, 0.15) is 52.9 Å². The van der Waals surface area contributed by atoms with Crippen LogP contribution in [0.25, 0.3) is 0 Å². The number of esters is 1. The Morgan fingerprint density at radius 1 is 1.31 bits per heavy atom. The van der Waals surface area contributed by atoms with E-state index in [4.69, 9.17) is 4.74 Å². The van der Waals surface area contributed by atoms with Crippen molar-refractivity contribution in [2.75, 3.05) is 6.61 Å². The third kappa shape index (κ3) is 3.78. The minimum absolute atomic E-state index is 0.0962. The van der Waals surface area contributed by atoms with Crippen molar-refractivity contribution >= 4 is 5.97 Å². The van der Waals surface area contributed by atoms with Crippen molar-refractivity contribution in [2.45, 2.75) is 59.0 Å². The van der Waals surface area contributed by atoms with Crippen molar-refractivity contribution in [3.05, 3.63) is 0 Å². The summed E-state index contributed by atoms with van der Waals surface area (Å²) in [5.74, 6) is 0.348. The summed E-state index contributed by atoms with van der Waals surface area (Å²) in [7, 11) is 0. The van der Waals surface area contributed by atoms with Gasteiger partial charge in [-0.05, 0) is 51.9 Å². The number of rotatable bonds is 4. The molecule has 0 unspecified atom stereocenters. The summed E-state index contributed by atoms with van der Waals surface area (Å²) < 4.78 is 5.35. The number of aliphatic hydroxyl groups is 1. The Morgan fingerprint density at radius 3 is 2.38 bits per heavy atom. The number of hydrogen-bond acceptors (Lipinski definition) is 3. The topological polar surface area (TPSA) is 46.5 Å². The molecule has 1 fully saturated rings. The van der Waals surface area contributed by atoms with E-state index in [9.17, 15) is 9.90 Å². The smallest absolute Gasteiger partial charge is 0.311 e. The Kier molecular flexibility index (Phi) is 4.78. The molecule has 1 aliphatic carbocycles. The second-order valence-electron chi connectivity index (χ2n) is 5.51. The van der Waals surface area contributed by atoms with Crippen molar-refractivity contribution in [3.63, 3.8) is 0 Å². The quantitative estimate of drug-likeness (QED) is 0.752. The molecule has 1 saturated carbocycles. The number of carbonyl (C=O) groups is 1.